The molecule has 0 radical (unpaired) electrons. The highest BCUT2D eigenvalue weighted by molar-refractivity contribution is 5.14. The fraction of sp³-hybridized carbons (Fsp3) is 0.786. The third kappa shape index (κ3) is 2.19. The van der Waals surface area contributed by atoms with Gasteiger partial charge in [-0.3, -0.25) is 0 Å². The third-order valence-corrected chi connectivity index (χ3v) is 4.50. The quantitative estimate of drug-likeness (QED) is 0.876. The van der Waals surface area contributed by atoms with Gasteiger partial charge in [0.2, 0.25) is 0 Å². The summed E-state index contributed by atoms with van der Waals surface area (Å²) in [5.74, 6) is 2.31. The van der Waals surface area contributed by atoms with Gasteiger partial charge in [-0.1, -0.05) is 0 Å². The zero-order valence-corrected chi connectivity index (χ0v) is 11.2. The molecule has 2 unspecified atom stereocenters. The number of aliphatic hydroxyl groups is 1. The van der Waals surface area contributed by atoms with Gasteiger partial charge in [0.25, 0.3) is 0 Å². The van der Waals surface area contributed by atoms with E-state index in [2.05, 4.69) is 21.5 Å². The van der Waals surface area contributed by atoms with Gasteiger partial charge < -0.3 is 14.6 Å². The SMILES string of the molecule is CN1CCC(Cc2ncc3n2CCCC3CO)C1. The van der Waals surface area contributed by atoms with E-state index in [0.717, 1.165) is 25.3 Å². The highest BCUT2D eigenvalue weighted by Gasteiger charge is 2.26. The lowest BCUT2D eigenvalue weighted by Crippen LogP contribution is -2.21. The zero-order valence-electron chi connectivity index (χ0n) is 11.2. The normalized spacial score (nSPS) is 28.6. The number of hydrogen-bond donors (Lipinski definition) is 1. The molecular formula is C14H23N3O. The van der Waals surface area contributed by atoms with Gasteiger partial charge in [-0.05, 0) is 38.8 Å². The Morgan fingerprint density at radius 2 is 2.28 bits per heavy atom. The van der Waals surface area contributed by atoms with Crippen LogP contribution in [-0.4, -0.2) is 46.3 Å². The molecule has 2 atom stereocenters. The summed E-state index contributed by atoms with van der Waals surface area (Å²) in [5.41, 5.74) is 1.25. The largest absolute Gasteiger partial charge is 0.396 e. The molecule has 1 saturated heterocycles. The van der Waals surface area contributed by atoms with E-state index >= 15 is 0 Å². The third-order valence-electron chi connectivity index (χ3n) is 4.50. The van der Waals surface area contributed by atoms with Crippen LogP contribution in [0.25, 0.3) is 0 Å². The maximum Gasteiger partial charge on any atom is 0.109 e. The van der Waals surface area contributed by atoms with Gasteiger partial charge in [-0.25, -0.2) is 4.98 Å². The summed E-state index contributed by atoms with van der Waals surface area (Å²) in [5, 5.41) is 9.42. The minimum atomic E-state index is 0.261. The van der Waals surface area contributed by atoms with Gasteiger partial charge in [0.15, 0.2) is 0 Å². The van der Waals surface area contributed by atoms with Gasteiger partial charge in [-0.15, -0.1) is 0 Å². The molecule has 3 rings (SSSR count). The molecule has 0 aromatic carbocycles. The molecule has 2 aliphatic rings. The van der Waals surface area contributed by atoms with Crippen molar-refractivity contribution in [1.29, 1.82) is 0 Å². The predicted octanol–water partition coefficient (Wildman–Crippen LogP) is 1.25. The summed E-state index contributed by atoms with van der Waals surface area (Å²) >= 11 is 0. The molecule has 0 saturated carbocycles. The summed E-state index contributed by atoms with van der Waals surface area (Å²) in [6.45, 7) is 3.77. The molecule has 1 aromatic rings. The number of rotatable bonds is 3. The molecule has 3 heterocycles. The highest BCUT2D eigenvalue weighted by Crippen LogP contribution is 2.29. The van der Waals surface area contributed by atoms with Crippen LogP contribution in [0.15, 0.2) is 6.20 Å². The summed E-state index contributed by atoms with van der Waals surface area (Å²) in [7, 11) is 2.20. The van der Waals surface area contributed by atoms with Crippen molar-refractivity contribution in [3.63, 3.8) is 0 Å². The number of fused-ring (bicyclic) bond motifs is 1. The topological polar surface area (TPSA) is 41.3 Å². The first-order valence-electron chi connectivity index (χ1n) is 7.11. The van der Waals surface area contributed by atoms with Crippen molar-refractivity contribution in [3.8, 4) is 0 Å². The van der Waals surface area contributed by atoms with Crippen molar-refractivity contribution in [3.05, 3.63) is 17.7 Å². The lowest BCUT2D eigenvalue weighted by Gasteiger charge is -2.24. The minimum absolute atomic E-state index is 0.261. The van der Waals surface area contributed by atoms with E-state index in [4.69, 9.17) is 0 Å². The van der Waals surface area contributed by atoms with Crippen LogP contribution in [0.5, 0.6) is 0 Å². The molecule has 4 heteroatoms. The lowest BCUT2D eigenvalue weighted by atomic mass is 9.97. The van der Waals surface area contributed by atoms with Gasteiger partial charge in [0, 0.05) is 37.3 Å². The summed E-state index contributed by atoms with van der Waals surface area (Å²) in [6, 6.07) is 0. The Hall–Kier alpha value is -0.870. The highest BCUT2D eigenvalue weighted by atomic mass is 16.3. The molecule has 0 bridgehead atoms. The van der Waals surface area contributed by atoms with Crippen LogP contribution in [0.2, 0.25) is 0 Å². The molecule has 0 amide bonds. The van der Waals surface area contributed by atoms with E-state index in [0.29, 0.717) is 5.92 Å². The van der Waals surface area contributed by atoms with Gasteiger partial charge in [0.05, 0.1) is 6.61 Å². The summed E-state index contributed by atoms with van der Waals surface area (Å²) in [4.78, 5) is 7.02. The first kappa shape index (κ1) is 12.2. The van der Waals surface area contributed by atoms with E-state index in [1.807, 2.05) is 6.20 Å². The standard InChI is InChI=1S/C14H23N3O/c1-16-6-4-11(9-16)7-14-15-8-13-12(10-18)3-2-5-17(13)14/h8,11-12,18H,2-7,9-10H2,1H3. The van der Waals surface area contributed by atoms with Crippen LogP contribution in [0, 0.1) is 5.92 Å². The molecular weight excluding hydrogens is 226 g/mol. The molecule has 0 spiro atoms. The molecule has 1 N–H and O–H groups in total. The Bertz CT molecular complexity index is 415. The zero-order chi connectivity index (χ0) is 12.5. The van der Waals surface area contributed by atoms with Crippen molar-refractivity contribution in [2.75, 3.05) is 26.7 Å². The second-order valence-corrected chi connectivity index (χ2v) is 5.89. The molecule has 1 fully saturated rings. The smallest absolute Gasteiger partial charge is 0.109 e. The number of nitrogens with zero attached hydrogens (tertiary/aromatic N) is 3. The van der Waals surface area contributed by atoms with E-state index in [9.17, 15) is 5.11 Å². The number of likely N-dealkylation sites (tertiary alicyclic amines) is 1. The van der Waals surface area contributed by atoms with Crippen molar-refractivity contribution in [1.82, 2.24) is 14.5 Å². The van der Waals surface area contributed by atoms with Gasteiger partial charge in [-0.2, -0.15) is 0 Å². The van der Waals surface area contributed by atoms with Crippen molar-refractivity contribution in [2.45, 2.75) is 38.1 Å². The van der Waals surface area contributed by atoms with Crippen LogP contribution in [0.3, 0.4) is 0 Å². The summed E-state index contributed by atoms with van der Waals surface area (Å²) in [6.07, 6.45) is 6.67. The average Bonchev–Trinajstić information content (AvgIpc) is 2.97. The van der Waals surface area contributed by atoms with Crippen molar-refractivity contribution in [2.24, 2.45) is 5.92 Å². The van der Waals surface area contributed by atoms with Crippen LogP contribution in [0.1, 0.15) is 36.7 Å². The Morgan fingerprint density at radius 3 is 3.00 bits per heavy atom. The van der Waals surface area contributed by atoms with Crippen LogP contribution in [0.4, 0.5) is 0 Å². The minimum Gasteiger partial charge on any atom is -0.396 e. The molecule has 4 nitrogen and oxygen atoms in total. The number of imidazole rings is 1. The summed E-state index contributed by atoms with van der Waals surface area (Å²) < 4.78 is 2.36. The molecule has 2 aliphatic heterocycles. The fourth-order valence-electron chi connectivity index (χ4n) is 3.46. The fourth-order valence-corrected chi connectivity index (χ4v) is 3.46. The second-order valence-electron chi connectivity index (χ2n) is 5.89. The van der Waals surface area contributed by atoms with Crippen LogP contribution >= 0.6 is 0 Å². The molecule has 0 aliphatic carbocycles. The first-order chi connectivity index (χ1) is 8.78. The van der Waals surface area contributed by atoms with Crippen LogP contribution in [-0.2, 0) is 13.0 Å². The van der Waals surface area contributed by atoms with E-state index in [1.54, 1.807) is 0 Å². The van der Waals surface area contributed by atoms with E-state index in [1.165, 1.54) is 37.4 Å². The van der Waals surface area contributed by atoms with Gasteiger partial charge in [0.1, 0.15) is 5.82 Å². The van der Waals surface area contributed by atoms with Crippen molar-refractivity contribution >= 4 is 0 Å². The van der Waals surface area contributed by atoms with Gasteiger partial charge >= 0.3 is 0 Å². The van der Waals surface area contributed by atoms with E-state index in [-0.39, 0.29) is 6.61 Å². The monoisotopic (exact) mass is 249 g/mol. The Balaban J connectivity index is 1.75. The second kappa shape index (κ2) is 5.02. The first-order valence-corrected chi connectivity index (χ1v) is 7.11. The molecule has 1 aromatic heterocycles. The van der Waals surface area contributed by atoms with E-state index < -0.39 is 0 Å². The maximum atomic E-state index is 9.42. The lowest BCUT2D eigenvalue weighted by molar-refractivity contribution is 0.240. The van der Waals surface area contributed by atoms with Crippen LogP contribution < -0.4 is 0 Å². The Morgan fingerprint density at radius 1 is 1.39 bits per heavy atom. The number of aliphatic hydroxyl groups excluding tert-OH is 1. The number of aromatic nitrogens is 2. The predicted molar refractivity (Wildman–Crippen MR) is 70.6 cm³/mol. The Labute approximate surface area is 109 Å². The average molecular weight is 249 g/mol. The van der Waals surface area contributed by atoms with Crippen molar-refractivity contribution < 1.29 is 5.11 Å². The maximum absolute atomic E-state index is 9.42. The molecule has 100 valence electrons. The molecule has 18 heavy (non-hydrogen) atoms. The Kier molecular flexibility index (Phi) is 3.39. The number of hydrogen-bond acceptors (Lipinski definition) is 3.